The zero-order chi connectivity index (χ0) is 10.4. The van der Waals surface area contributed by atoms with Crippen LogP contribution in [0.25, 0.3) is 0 Å². The molecule has 0 radical (unpaired) electrons. The maximum absolute atomic E-state index is 8.89. The molecule has 1 aliphatic rings. The minimum atomic E-state index is 0.102. The molecule has 1 saturated carbocycles. The molecule has 1 atom stereocenters. The number of rotatable bonds is 7. The molecule has 0 aromatic heterocycles. The standard InChI is InChI=1S/C11H21N3/c1-3-14(4-2)8-7-13-11(9-12)10-5-6-10/h10-11,13H,3-8H2,1-2H3. The van der Waals surface area contributed by atoms with E-state index in [9.17, 15) is 0 Å². The zero-order valence-corrected chi connectivity index (χ0v) is 9.29. The average Bonchev–Trinajstić information content (AvgIpc) is 3.02. The van der Waals surface area contributed by atoms with Crippen LogP contribution in [0.2, 0.25) is 0 Å². The van der Waals surface area contributed by atoms with Crippen molar-refractivity contribution in [3.63, 3.8) is 0 Å². The number of hydrogen-bond acceptors (Lipinski definition) is 3. The normalized spacial score (nSPS) is 18.1. The van der Waals surface area contributed by atoms with Crippen molar-refractivity contribution in [2.45, 2.75) is 32.7 Å². The van der Waals surface area contributed by atoms with E-state index in [1.54, 1.807) is 0 Å². The summed E-state index contributed by atoms with van der Waals surface area (Å²) in [5, 5.41) is 12.2. The van der Waals surface area contributed by atoms with E-state index in [4.69, 9.17) is 5.26 Å². The smallest absolute Gasteiger partial charge is 0.0981 e. The molecule has 0 amide bonds. The molecule has 0 bridgehead atoms. The third-order valence-electron chi connectivity index (χ3n) is 2.92. The van der Waals surface area contributed by atoms with Crippen LogP contribution in [0.1, 0.15) is 26.7 Å². The summed E-state index contributed by atoms with van der Waals surface area (Å²) in [5.74, 6) is 0.636. The summed E-state index contributed by atoms with van der Waals surface area (Å²) in [6, 6.07) is 2.45. The van der Waals surface area contributed by atoms with Crippen LogP contribution >= 0.6 is 0 Å². The fourth-order valence-electron chi connectivity index (χ4n) is 1.67. The van der Waals surface area contributed by atoms with Crippen LogP contribution in [0.15, 0.2) is 0 Å². The van der Waals surface area contributed by atoms with Gasteiger partial charge in [0.1, 0.15) is 0 Å². The monoisotopic (exact) mass is 195 g/mol. The highest BCUT2D eigenvalue weighted by Crippen LogP contribution is 2.32. The van der Waals surface area contributed by atoms with E-state index in [0.29, 0.717) is 5.92 Å². The van der Waals surface area contributed by atoms with Gasteiger partial charge in [-0.2, -0.15) is 5.26 Å². The van der Waals surface area contributed by atoms with E-state index in [-0.39, 0.29) is 6.04 Å². The molecule has 1 N–H and O–H groups in total. The molecule has 0 aromatic carbocycles. The molecule has 3 heteroatoms. The van der Waals surface area contributed by atoms with Crippen molar-refractivity contribution in [3.8, 4) is 6.07 Å². The number of nitrogens with one attached hydrogen (secondary N) is 1. The van der Waals surface area contributed by atoms with E-state index < -0.39 is 0 Å². The Morgan fingerprint density at radius 3 is 2.50 bits per heavy atom. The third-order valence-corrected chi connectivity index (χ3v) is 2.92. The van der Waals surface area contributed by atoms with Gasteiger partial charge in [-0.1, -0.05) is 13.8 Å². The van der Waals surface area contributed by atoms with Gasteiger partial charge in [0.05, 0.1) is 12.1 Å². The van der Waals surface area contributed by atoms with Crippen molar-refractivity contribution in [1.82, 2.24) is 10.2 Å². The van der Waals surface area contributed by atoms with Gasteiger partial charge >= 0.3 is 0 Å². The van der Waals surface area contributed by atoms with Gasteiger partial charge in [-0.15, -0.1) is 0 Å². The summed E-state index contributed by atoms with van der Waals surface area (Å²) in [6.07, 6.45) is 2.47. The Bertz CT molecular complexity index is 189. The van der Waals surface area contributed by atoms with Gasteiger partial charge < -0.3 is 10.2 Å². The Balaban J connectivity index is 2.09. The molecule has 1 unspecified atom stereocenters. The van der Waals surface area contributed by atoms with Gasteiger partial charge in [0.15, 0.2) is 0 Å². The van der Waals surface area contributed by atoms with Crippen LogP contribution < -0.4 is 5.32 Å². The first-order valence-corrected chi connectivity index (χ1v) is 5.67. The van der Waals surface area contributed by atoms with Crippen molar-refractivity contribution in [3.05, 3.63) is 0 Å². The van der Waals surface area contributed by atoms with Crippen molar-refractivity contribution in [2.75, 3.05) is 26.2 Å². The zero-order valence-electron chi connectivity index (χ0n) is 9.29. The predicted octanol–water partition coefficient (Wildman–Crippen LogP) is 1.22. The molecule has 1 rings (SSSR count). The van der Waals surface area contributed by atoms with E-state index in [2.05, 4.69) is 30.1 Å². The molecule has 0 aromatic rings. The minimum absolute atomic E-state index is 0.102. The topological polar surface area (TPSA) is 39.1 Å². The Hall–Kier alpha value is -0.590. The lowest BCUT2D eigenvalue weighted by Crippen LogP contribution is -2.37. The maximum Gasteiger partial charge on any atom is 0.0981 e. The number of hydrogen-bond donors (Lipinski definition) is 1. The molecule has 1 fully saturated rings. The number of likely N-dealkylation sites (N-methyl/N-ethyl adjacent to an activating group) is 1. The average molecular weight is 195 g/mol. The largest absolute Gasteiger partial charge is 0.303 e. The fraction of sp³-hybridized carbons (Fsp3) is 0.909. The molecular weight excluding hydrogens is 174 g/mol. The van der Waals surface area contributed by atoms with Crippen LogP contribution in [0.3, 0.4) is 0 Å². The van der Waals surface area contributed by atoms with Crippen LogP contribution in [-0.4, -0.2) is 37.1 Å². The van der Waals surface area contributed by atoms with Gasteiger partial charge in [-0.3, -0.25) is 0 Å². The van der Waals surface area contributed by atoms with Gasteiger partial charge in [-0.05, 0) is 31.8 Å². The lowest BCUT2D eigenvalue weighted by atomic mass is 10.2. The van der Waals surface area contributed by atoms with Crippen LogP contribution in [0.5, 0.6) is 0 Å². The Kier molecular flexibility index (Phi) is 4.92. The summed E-state index contributed by atoms with van der Waals surface area (Å²) in [6.45, 7) is 8.53. The molecule has 80 valence electrons. The van der Waals surface area contributed by atoms with Crippen LogP contribution in [-0.2, 0) is 0 Å². The van der Waals surface area contributed by atoms with Gasteiger partial charge in [0.25, 0.3) is 0 Å². The second-order valence-corrected chi connectivity index (χ2v) is 3.93. The summed E-state index contributed by atoms with van der Waals surface area (Å²) in [5.41, 5.74) is 0. The summed E-state index contributed by atoms with van der Waals surface area (Å²) < 4.78 is 0. The molecule has 0 saturated heterocycles. The summed E-state index contributed by atoms with van der Waals surface area (Å²) >= 11 is 0. The third kappa shape index (κ3) is 3.65. The van der Waals surface area contributed by atoms with Gasteiger partial charge in [0.2, 0.25) is 0 Å². The Morgan fingerprint density at radius 2 is 2.07 bits per heavy atom. The van der Waals surface area contributed by atoms with Crippen molar-refractivity contribution in [1.29, 1.82) is 5.26 Å². The molecule has 0 heterocycles. The number of nitriles is 1. The van der Waals surface area contributed by atoms with E-state index in [0.717, 1.165) is 26.2 Å². The fourth-order valence-corrected chi connectivity index (χ4v) is 1.67. The second kappa shape index (κ2) is 6.00. The molecule has 14 heavy (non-hydrogen) atoms. The molecular formula is C11H21N3. The first kappa shape index (κ1) is 11.5. The molecule has 0 spiro atoms. The van der Waals surface area contributed by atoms with Crippen molar-refractivity contribution in [2.24, 2.45) is 5.92 Å². The minimum Gasteiger partial charge on any atom is -0.303 e. The highest BCUT2D eigenvalue weighted by molar-refractivity contribution is 5.00. The van der Waals surface area contributed by atoms with E-state index in [1.165, 1.54) is 12.8 Å². The second-order valence-electron chi connectivity index (χ2n) is 3.93. The van der Waals surface area contributed by atoms with Crippen LogP contribution in [0.4, 0.5) is 0 Å². The SMILES string of the molecule is CCN(CC)CCNC(C#N)C1CC1. The Labute approximate surface area is 87.1 Å². The lowest BCUT2D eigenvalue weighted by molar-refractivity contribution is 0.298. The first-order valence-electron chi connectivity index (χ1n) is 5.67. The Morgan fingerprint density at radius 1 is 1.43 bits per heavy atom. The predicted molar refractivity (Wildman–Crippen MR) is 57.9 cm³/mol. The van der Waals surface area contributed by atoms with E-state index in [1.807, 2.05) is 0 Å². The van der Waals surface area contributed by atoms with Gasteiger partial charge in [-0.25, -0.2) is 0 Å². The van der Waals surface area contributed by atoms with Crippen molar-refractivity contribution < 1.29 is 0 Å². The lowest BCUT2D eigenvalue weighted by Gasteiger charge is -2.19. The highest BCUT2D eigenvalue weighted by atomic mass is 15.1. The summed E-state index contributed by atoms with van der Waals surface area (Å²) in [4.78, 5) is 2.37. The molecule has 3 nitrogen and oxygen atoms in total. The van der Waals surface area contributed by atoms with Crippen LogP contribution in [0, 0.1) is 17.2 Å². The van der Waals surface area contributed by atoms with Gasteiger partial charge in [0, 0.05) is 13.1 Å². The van der Waals surface area contributed by atoms with Crippen molar-refractivity contribution >= 4 is 0 Å². The number of nitrogens with zero attached hydrogens (tertiary/aromatic N) is 2. The molecule has 0 aliphatic heterocycles. The maximum atomic E-state index is 8.89. The molecule has 1 aliphatic carbocycles. The first-order chi connectivity index (χ1) is 6.81. The highest BCUT2D eigenvalue weighted by Gasteiger charge is 2.30. The quantitative estimate of drug-likeness (QED) is 0.664. The van der Waals surface area contributed by atoms with E-state index >= 15 is 0 Å². The summed E-state index contributed by atoms with van der Waals surface area (Å²) in [7, 11) is 0.